The molecule has 0 aromatic heterocycles. The maximum absolute atomic E-state index is 9.29. The number of ether oxygens (including phenoxy) is 1. The molecule has 0 radical (unpaired) electrons. The van der Waals surface area contributed by atoms with Gasteiger partial charge in [0.05, 0.1) is 18.5 Å². The molecule has 0 heterocycles. The molecule has 0 aliphatic heterocycles. The summed E-state index contributed by atoms with van der Waals surface area (Å²) in [5.41, 5.74) is 15.3. The van der Waals surface area contributed by atoms with Gasteiger partial charge in [0.1, 0.15) is 0 Å². The third-order valence-corrected chi connectivity index (χ3v) is 4.16. The molecule has 0 spiro atoms. The van der Waals surface area contributed by atoms with Crippen LogP contribution in [0.4, 0.5) is 11.4 Å². The molecule has 1 aromatic carbocycles. The van der Waals surface area contributed by atoms with E-state index < -0.39 is 0 Å². The van der Waals surface area contributed by atoms with Crippen molar-refractivity contribution in [1.29, 1.82) is 0 Å². The molecule has 134 valence electrons. The summed E-state index contributed by atoms with van der Waals surface area (Å²) in [6.07, 6.45) is 6.99. The molecule has 0 aliphatic rings. The third kappa shape index (κ3) is 7.55. The van der Waals surface area contributed by atoms with E-state index in [1.165, 1.54) is 5.57 Å². The van der Waals surface area contributed by atoms with Crippen molar-refractivity contribution in [2.24, 2.45) is 5.92 Å². The summed E-state index contributed by atoms with van der Waals surface area (Å²) in [4.78, 5) is 0. The van der Waals surface area contributed by atoms with Gasteiger partial charge in [-0.15, -0.1) is 0 Å². The second kappa shape index (κ2) is 10.0. The monoisotopic (exact) mass is 332 g/mol. The van der Waals surface area contributed by atoms with E-state index in [0.29, 0.717) is 29.7 Å². The van der Waals surface area contributed by atoms with Crippen LogP contribution in [0.3, 0.4) is 0 Å². The minimum absolute atomic E-state index is 0.170. The Morgan fingerprint density at radius 3 is 2.29 bits per heavy atom. The van der Waals surface area contributed by atoms with Gasteiger partial charge in [-0.05, 0) is 68.9 Å². The zero-order valence-corrected chi connectivity index (χ0v) is 15.4. The van der Waals surface area contributed by atoms with Gasteiger partial charge < -0.3 is 21.3 Å². The van der Waals surface area contributed by atoms with Crippen LogP contribution in [0.1, 0.15) is 52.5 Å². The summed E-state index contributed by atoms with van der Waals surface area (Å²) in [7, 11) is 0. The summed E-state index contributed by atoms with van der Waals surface area (Å²) in [5, 5.41) is 9.29. The second-order valence-electron chi connectivity index (χ2n) is 6.51. The van der Waals surface area contributed by atoms with Crippen molar-refractivity contribution in [2.75, 3.05) is 11.5 Å². The van der Waals surface area contributed by atoms with Crippen LogP contribution in [0, 0.1) is 5.92 Å². The van der Waals surface area contributed by atoms with E-state index in [-0.39, 0.29) is 6.10 Å². The third-order valence-electron chi connectivity index (χ3n) is 4.16. The number of benzene rings is 1. The topological polar surface area (TPSA) is 81.5 Å². The van der Waals surface area contributed by atoms with Crippen LogP contribution < -0.4 is 11.5 Å². The lowest BCUT2D eigenvalue weighted by atomic mass is 9.92. The number of aliphatic hydroxyl groups is 1. The van der Waals surface area contributed by atoms with Crippen molar-refractivity contribution >= 4 is 11.4 Å². The van der Waals surface area contributed by atoms with Crippen LogP contribution in [-0.4, -0.2) is 11.2 Å². The summed E-state index contributed by atoms with van der Waals surface area (Å²) in [6.45, 7) is 8.67. The number of rotatable bonds is 9. The van der Waals surface area contributed by atoms with Gasteiger partial charge in [-0.3, -0.25) is 0 Å². The summed E-state index contributed by atoms with van der Waals surface area (Å²) < 4.78 is 5.92. The van der Waals surface area contributed by atoms with E-state index in [2.05, 4.69) is 20.8 Å². The Kier molecular flexibility index (Phi) is 8.41. The highest BCUT2D eigenvalue weighted by Crippen LogP contribution is 2.22. The predicted octanol–water partition coefficient (Wildman–Crippen LogP) is 4.97. The highest BCUT2D eigenvalue weighted by atomic mass is 16.5. The van der Waals surface area contributed by atoms with Gasteiger partial charge in [-0.1, -0.05) is 25.5 Å². The Morgan fingerprint density at radius 1 is 1.12 bits per heavy atom. The quantitative estimate of drug-likeness (QED) is 0.339. The van der Waals surface area contributed by atoms with Crippen molar-refractivity contribution in [1.82, 2.24) is 0 Å². The van der Waals surface area contributed by atoms with Gasteiger partial charge >= 0.3 is 0 Å². The highest BCUT2D eigenvalue weighted by molar-refractivity contribution is 5.54. The smallest absolute Gasteiger partial charge is 0.0891 e. The summed E-state index contributed by atoms with van der Waals surface area (Å²) in [5.74, 6) is 0.811. The fourth-order valence-corrected chi connectivity index (χ4v) is 2.68. The van der Waals surface area contributed by atoms with Gasteiger partial charge in [-0.25, -0.2) is 0 Å². The van der Waals surface area contributed by atoms with Crippen LogP contribution in [-0.2, 0) is 11.3 Å². The van der Waals surface area contributed by atoms with Crippen molar-refractivity contribution < 1.29 is 9.84 Å². The molecule has 0 saturated carbocycles. The highest BCUT2D eigenvalue weighted by Gasteiger charge is 2.10. The molecule has 1 aromatic rings. The fourth-order valence-electron chi connectivity index (χ4n) is 2.68. The SMILES string of the molecule is CC/C(=C\C=C(/C)O)C(C)CCC(C)OCc1cc(N)cc(N)c1. The zero-order valence-electron chi connectivity index (χ0n) is 15.4. The number of anilines is 2. The maximum atomic E-state index is 9.29. The molecule has 0 fully saturated rings. The lowest BCUT2D eigenvalue weighted by Crippen LogP contribution is -2.11. The van der Waals surface area contributed by atoms with E-state index in [1.54, 1.807) is 19.1 Å². The maximum Gasteiger partial charge on any atom is 0.0891 e. The van der Waals surface area contributed by atoms with Gasteiger partial charge in [-0.2, -0.15) is 0 Å². The van der Waals surface area contributed by atoms with E-state index in [1.807, 2.05) is 18.2 Å². The first kappa shape index (κ1) is 20.1. The van der Waals surface area contributed by atoms with Crippen LogP contribution in [0.5, 0.6) is 0 Å². The van der Waals surface area contributed by atoms with Crippen LogP contribution >= 0.6 is 0 Å². The number of aliphatic hydroxyl groups excluding tert-OH is 1. The molecule has 24 heavy (non-hydrogen) atoms. The minimum Gasteiger partial charge on any atom is -0.513 e. The molecule has 2 atom stereocenters. The molecule has 5 N–H and O–H groups in total. The zero-order chi connectivity index (χ0) is 18.1. The molecule has 2 unspecified atom stereocenters. The first-order valence-corrected chi connectivity index (χ1v) is 8.64. The normalized spacial score (nSPS) is 15.3. The number of hydrogen-bond donors (Lipinski definition) is 3. The molecule has 0 amide bonds. The predicted molar refractivity (Wildman–Crippen MR) is 103 cm³/mol. The Hall–Kier alpha value is -1.94. The molecule has 0 saturated heterocycles. The van der Waals surface area contributed by atoms with Crippen LogP contribution in [0.2, 0.25) is 0 Å². The van der Waals surface area contributed by atoms with Crippen LogP contribution in [0.15, 0.2) is 41.7 Å². The Bertz CT molecular complexity index is 555. The number of nitrogen functional groups attached to an aromatic ring is 2. The molecule has 0 aliphatic carbocycles. The standard InChI is InChI=1S/C20H32N2O2/c1-5-18(9-7-15(3)23)14(2)6-8-16(4)24-13-17-10-19(21)12-20(22)11-17/h7,9-12,14,16,23H,5-6,8,13,21-22H2,1-4H3/b15-7+,18-9+. The molecule has 1 rings (SSSR count). The second-order valence-corrected chi connectivity index (χ2v) is 6.51. The van der Waals surface area contributed by atoms with Gasteiger partial charge in [0, 0.05) is 11.4 Å². The average molecular weight is 332 g/mol. The van der Waals surface area contributed by atoms with Crippen molar-refractivity contribution in [3.63, 3.8) is 0 Å². The first-order chi connectivity index (χ1) is 11.3. The van der Waals surface area contributed by atoms with E-state index in [0.717, 1.165) is 24.8 Å². The molecular formula is C20H32N2O2. The van der Waals surface area contributed by atoms with Gasteiger partial charge in [0.15, 0.2) is 0 Å². The molecule has 4 nitrogen and oxygen atoms in total. The average Bonchev–Trinajstić information content (AvgIpc) is 2.50. The Balaban J connectivity index is 2.46. The largest absolute Gasteiger partial charge is 0.513 e. The summed E-state index contributed by atoms with van der Waals surface area (Å²) in [6, 6.07) is 5.54. The van der Waals surface area contributed by atoms with E-state index in [9.17, 15) is 5.11 Å². The Morgan fingerprint density at radius 2 is 1.75 bits per heavy atom. The number of nitrogens with two attached hydrogens (primary N) is 2. The Labute approximate surface area is 146 Å². The molecule has 4 heteroatoms. The number of allylic oxidation sites excluding steroid dienone is 4. The molecular weight excluding hydrogens is 300 g/mol. The van der Waals surface area contributed by atoms with E-state index >= 15 is 0 Å². The fraction of sp³-hybridized carbons (Fsp3) is 0.500. The van der Waals surface area contributed by atoms with Gasteiger partial charge in [0.2, 0.25) is 0 Å². The van der Waals surface area contributed by atoms with Crippen LogP contribution in [0.25, 0.3) is 0 Å². The minimum atomic E-state index is 0.170. The lowest BCUT2D eigenvalue weighted by molar-refractivity contribution is 0.0445. The number of hydrogen-bond acceptors (Lipinski definition) is 4. The summed E-state index contributed by atoms with van der Waals surface area (Å²) >= 11 is 0. The van der Waals surface area contributed by atoms with Crippen molar-refractivity contribution in [3.8, 4) is 0 Å². The van der Waals surface area contributed by atoms with E-state index in [4.69, 9.17) is 16.2 Å². The van der Waals surface area contributed by atoms with Gasteiger partial charge in [0.25, 0.3) is 0 Å². The first-order valence-electron chi connectivity index (χ1n) is 8.64. The molecule has 0 bridgehead atoms. The van der Waals surface area contributed by atoms with Crippen molar-refractivity contribution in [3.05, 3.63) is 47.2 Å². The lowest BCUT2D eigenvalue weighted by Gasteiger charge is -2.18. The van der Waals surface area contributed by atoms with Crippen molar-refractivity contribution in [2.45, 2.75) is 59.7 Å².